The highest BCUT2D eigenvalue weighted by molar-refractivity contribution is 5.84. The van der Waals surface area contributed by atoms with Gasteiger partial charge in [0.1, 0.15) is 13.2 Å². The number of hydrogen-bond acceptors (Lipinski definition) is 3. The number of rotatable bonds is 0. The Kier molecular flexibility index (Phi) is 2.67. The van der Waals surface area contributed by atoms with Crippen molar-refractivity contribution in [3.8, 4) is 0 Å². The summed E-state index contributed by atoms with van der Waals surface area (Å²) in [7, 11) is 0. The zero-order valence-corrected chi connectivity index (χ0v) is 5.26. The monoisotopic (exact) mass is 130 g/mol. The molecule has 2 heterocycles. The van der Waals surface area contributed by atoms with Crippen LogP contribution in [0.2, 0.25) is 0 Å². The van der Waals surface area contributed by atoms with Gasteiger partial charge in [0.15, 0.2) is 5.78 Å². The first-order valence-electron chi connectivity index (χ1n) is 3.07. The van der Waals surface area contributed by atoms with Crippen LogP contribution in [0.3, 0.4) is 0 Å². The summed E-state index contributed by atoms with van der Waals surface area (Å²) in [5.74, 6) is 0.213. The van der Waals surface area contributed by atoms with Crippen LogP contribution in [0.15, 0.2) is 0 Å². The van der Waals surface area contributed by atoms with Gasteiger partial charge >= 0.3 is 0 Å². The first-order chi connectivity index (χ1) is 4.39. The molecule has 0 N–H and O–H groups in total. The van der Waals surface area contributed by atoms with Crippen LogP contribution in [0.4, 0.5) is 0 Å². The van der Waals surface area contributed by atoms with Crippen molar-refractivity contribution in [1.82, 2.24) is 0 Å². The lowest BCUT2D eigenvalue weighted by Gasteiger charge is -2.09. The zero-order valence-electron chi connectivity index (χ0n) is 5.26. The molecule has 0 spiro atoms. The van der Waals surface area contributed by atoms with Crippen molar-refractivity contribution in [1.29, 1.82) is 0 Å². The fraction of sp³-hybridized carbons (Fsp3) is 0.833. The van der Waals surface area contributed by atoms with Crippen LogP contribution in [-0.4, -0.2) is 32.2 Å². The summed E-state index contributed by atoms with van der Waals surface area (Å²) < 4.78 is 9.21. The molecule has 52 valence electrons. The van der Waals surface area contributed by atoms with Gasteiger partial charge in [0.2, 0.25) is 0 Å². The molecule has 0 atom stereocenters. The van der Waals surface area contributed by atoms with Crippen LogP contribution >= 0.6 is 0 Å². The van der Waals surface area contributed by atoms with Gasteiger partial charge < -0.3 is 9.47 Å². The van der Waals surface area contributed by atoms with E-state index in [1.807, 2.05) is 0 Å². The van der Waals surface area contributed by atoms with E-state index in [4.69, 9.17) is 4.74 Å². The molecule has 2 fully saturated rings. The molecule has 9 heavy (non-hydrogen) atoms. The molecule has 0 aromatic heterocycles. The largest absolute Gasteiger partial charge is 0.381 e. The minimum Gasteiger partial charge on any atom is -0.381 e. The highest BCUT2D eigenvalue weighted by Gasteiger charge is 2.10. The van der Waals surface area contributed by atoms with Crippen molar-refractivity contribution in [3.05, 3.63) is 0 Å². The Labute approximate surface area is 53.9 Å². The average molecular weight is 130 g/mol. The molecule has 0 aromatic rings. The fourth-order valence-electron chi connectivity index (χ4n) is 0.330. The molecule has 0 unspecified atom stereocenters. The predicted molar refractivity (Wildman–Crippen MR) is 31.3 cm³/mol. The zero-order chi connectivity index (χ0) is 6.53. The molecule has 0 aromatic carbocycles. The molecule has 2 saturated heterocycles. The number of hydrogen-bond donors (Lipinski definition) is 0. The lowest BCUT2D eigenvalue weighted by Crippen LogP contribution is -2.26. The predicted octanol–water partition coefficient (Wildman–Crippen LogP) is -0.00760. The molecule has 0 bridgehead atoms. The summed E-state index contributed by atoms with van der Waals surface area (Å²) in [5.41, 5.74) is 0. The number of ketones is 1. The van der Waals surface area contributed by atoms with Gasteiger partial charge in [-0.25, -0.2) is 0 Å². The van der Waals surface area contributed by atoms with Gasteiger partial charge in [0, 0.05) is 13.2 Å². The molecule has 2 aliphatic heterocycles. The highest BCUT2D eigenvalue weighted by atomic mass is 16.5. The van der Waals surface area contributed by atoms with E-state index in [0.717, 1.165) is 13.2 Å². The Balaban J connectivity index is 0.0000000922. The third kappa shape index (κ3) is 2.58. The van der Waals surface area contributed by atoms with Gasteiger partial charge in [-0.05, 0) is 6.42 Å². The lowest BCUT2D eigenvalue weighted by molar-refractivity contribution is -0.140. The van der Waals surface area contributed by atoms with E-state index in [0.29, 0.717) is 13.2 Å². The Morgan fingerprint density at radius 2 is 1.44 bits per heavy atom. The van der Waals surface area contributed by atoms with E-state index in [-0.39, 0.29) is 5.78 Å². The van der Waals surface area contributed by atoms with E-state index < -0.39 is 0 Å². The van der Waals surface area contributed by atoms with Crippen molar-refractivity contribution in [2.24, 2.45) is 0 Å². The second-order valence-electron chi connectivity index (χ2n) is 2.00. The van der Waals surface area contributed by atoms with Crippen LogP contribution in [0.5, 0.6) is 0 Å². The van der Waals surface area contributed by atoms with Crippen molar-refractivity contribution in [3.63, 3.8) is 0 Å². The van der Waals surface area contributed by atoms with E-state index in [1.165, 1.54) is 6.42 Å². The van der Waals surface area contributed by atoms with Gasteiger partial charge in [-0.2, -0.15) is 0 Å². The summed E-state index contributed by atoms with van der Waals surface area (Å²) in [5, 5.41) is 0. The van der Waals surface area contributed by atoms with E-state index in [1.54, 1.807) is 0 Å². The molecule has 3 nitrogen and oxygen atoms in total. The number of Topliss-reactive ketones (excluding diaryl/α,β-unsaturated/α-hetero) is 1. The molecular weight excluding hydrogens is 120 g/mol. The van der Waals surface area contributed by atoms with Crippen LogP contribution in [0, 0.1) is 0 Å². The maximum absolute atomic E-state index is 9.77. The summed E-state index contributed by atoms with van der Waals surface area (Å²) >= 11 is 0. The minimum absolute atomic E-state index is 0.213. The lowest BCUT2D eigenvalue weighted by atomic mass is 10.4. The van der Waals surface area contributed by atoms with Crippen LogP contribution in [0.25, 0.3) is 0 Å². The molecule has 2 rings (SSSR count). The maximum Gasteiger partial charge on any atom is 0.184 e. The van der Waals surface area contributed by atoms with Crippen molar-refractivity contribution < 1.29 is 14.3 Å². The molecule has 0 aliphatic carbocycles. The Morgan fingerprint density at radius 1 is 1.11 bits per heavy atom. The number of ether oxygens (including phenoxy) is 2. The van der Waals surface area contributed by atoms with Gasteiger partial charge in [0.25, 0.3) is 0 Å². The average Bonchev–Trinajstić information content (AvgIpc) is 1.56. The maximum atomic E-state index is 9.77. The molecule has 2 aliphatic rings. The van der Waals surface area contributed by atoms with Crippen LogP contribution in [-0.2, 0) is 14.3 Å². The van der Waals surface area contributed by atoms with Gasteiger partial charge in [-0.15, -0.1) is 0 Å². The topological polar surface area (TPSA) is 35.5 Å². The number of carbonyl (C=O) groups excluding carboxylic acids is 1. The summed E-state index contributed by atoms with van der Waals surface area (Å²) in [6.45, 7) is 2.69. The molecule has 3 heteroatoms. The molecular formula is C6H10O3. The van der Waals surface area contributed by atoms with Gasteiger partial charge in [-0.3, -0.25) is 4.79 Å². The summed E-state index contributed by atoms with van der Waals surface area (Å²) in [6.07, 6.45) is 1.28. The quantitative estimate of drug-likeness (QED) is 0.462. The van der Waals surface area contributed by atoms with Gasteiger partial charge in [0.05, 0.1) is 0 Å². The van der Waals surface area contributed by atoms with Crippen molar-refractivity contribution in [2.75, 3.05) is 26.4 Å². The molecule has 0 amide bonds. The second-order valence-corrected chi connectivity index (χ2v) is 2.00. The normalized spacial score (nSPS) is 22.9. The summed E-state index contributed by atoms with van der Waals surface area (Å²) in [6, 6.07) is 0. The first kappa shape index (κ1) is 6.71. The SMILES string of the molecule is C1COC1.O=C1COC1. The highest BCUT2D eigenvalue weighted by Crippen LogP contribution is 1.93. The second kappa shape index (κ2) is 3.58. The fourth-order valence-corrected chi connectivity index (χ4v) is 0.330. The Morgan fingerprint density at radius 3 is 1.44 bits per heavy atom. The molecule has 0 radical (unpaired) electrons. The van der Waals surface area contributed by atoms with E-state index in [9.17, 15) is 4.79 Å². The first-order valence-corrected chi connectivity index (χ1v) is 3.07. The smallest absolute Gasteiger partial charge is 0.184 e. The third-order valence-corrected chi connectivity index (χ3v) is 1.10. The Bertz CT molecular complexity index is 86.5. The molecule has 0 saturated carbocycles. The Hall–Kier alpha value is -0.410. The summed E-state index contributed by atoms with van der Waals surface area (Å²) in [4.78, 5) is 9.77. The number of carbonyl (C=O) groups is 1. The van der Waals surface area contributed by atoms with Crippen LogP contribution < -0.4 is 0 Å². The van der Waals surface area contributed by atoms with E-state index in [2.05, 4.69) is 4.74 Å². The van der Waals surface area contributed by atoms with Crippen molar-refractivity contribution in [2.45, 2.75) is 6.42 Å². The van der Waals surface area contributed by atoms with Crippen molar-refractivity contribution >= 4 is 5.78 Å². The standard InChI is InChI=1S/C3H4O2.C3H6O/c4-3-1-5-2-3;1-2-4-3-1/h1-2H2;1-3H2. The third-order valence-electron chi connectivity index (χ3n) is 1.10. The minimum atomic E-state index is 0.213. The van der Waals surface area contributed by atoms with E-state index >= 15 is 0 Å². The van der Waals surface area contributed by atoms with Gasteiger partial charge in [-0.1, -0.05) is 0 Å². The van der Waals surface area contributed by atoms with Crippen LogP contribution in [0.1, 0.15) is 6.42 Å².